The van der Waals surface area contributed by atoms with Crippen LogP contribution in [0.25, 0.3) is 6.20 Å². The number of carbonyl (C=O) groups excluding carboxylic acids is 2. The number of ether oxygens (including phenoxy) is 1. The van der Waals surface area contributed by atoms with Gasteiger partial charge in [0.25, 0.3) is 0 Å². The second kappa shape index (κ2) is 9.59. The average molecular weight is 404 g/mol. The van der Waals surface area contributed by atoms with E-state index in [9.17, 15) is 9.59 Å². The maximum Gasteiger partial charge on any atom is 0.343 e. The topological polar surface area (TPSA) is 64.4 Å². The monoisotopic (exact) mass is 403 g/mol. The van der Waals surface area contributed by atoms with Gasteiger partial charge in [-0.25, -0.2) is 9.48 Å². The SMILES string of the molecule is CCOC(=O)c1cn(C=CC(C)(C)C)nc1N(C(=O)C1CCC(C)CC1)C(C)C. The van der Waals surface area contributed by atoms with Crippen molar-refractivity contribution in [3.8, 4) is 0 Å². The van der Waals surface area contributed by atoms with Gasteiger partial charge in [0, 0.05) is 24.4 Å². The molecule has 0 spiro atoms. The molecule has 1 aliphatic rings. The summed E-state index contributed by atoms with van der Waals surface area (Å²) in [6, 6.07) is -0.107. The molecule has 6 nitrogen and oxygen atoms in total. The number of allylic oxidation sites excluding steroid dienone is 1. The molecule has 0 saturated heterocycles. The Hall–Kier alpha value is -2.11. The zero-order chi connectivity index (χ0) is 21.8. The van der Waals surface area contributed by atoms with Gasteiger partial charge in [-0.3, -0.25) is 9.69 Å². The Morgan fingerprint density at radius 3 is 2.41 bits per heavy atom. The molecule has 0 N–H and O–H groups in total. The molecule has 0 radical (unpaired) electrons. The molecule has 0 bridgehead atoms. The fraction of sp³-hybridized carbons (Fsp3) is 0.696. The van der Waals surface area contributed by atoms with E-state index in [4.69, 9.17) is 4.74 Å². The van der Waals surface area contributed by atoms with Gasteiger partial charge >= 0.3 is 5.97 Å². The van der Waals surface area contributed by atoms with Crippen LogP contribution in [-0.4, -0.2) is 34.3 Å². The van der Waals surface area contributed by atoms with Crippen molar-refractivity contribution in [2.45, 2.75) is 80.2 Å². The van der Waals surface area contributed by atoms with Crippen LogP contribution in [0.15, 0.2) is 12.3 Å². The number of hydrogen-bond donors (Lipinski definition) is 0. The first-order chi connectivity index (χ1) is 13.5. The molecule has 1 saturated carbocycles. The number of rotatable bonds is 6. The van der Waals surface area contributed by atoms with E-state index in [1.165, 1.54) is 0 Å². The quantitative estimate of drug-likeness (QED) is 0.617. The lowest BCUT2D eigenvalue weighted by molar-refractivity contribution is -0.123. The zero-order valence-corrected chi connectivity index (χ0v) is 19.1. The molecule has 0 atom stereocenters. The largest absolute Gasteiger partial charge is 0.462 e. The molecule has 1 aromatic rings. The van der Waals surface area contributed by atoms with Crippen molar-refractivity contribution < 1.29 is 14.3 Å². The third-order valence-electron chi connectivity index (χ3n) is 5.28. The van der Waals surface area contributed by atoms with Crippen molar-refractivity contribution in [2.24, 2.45) is 17.3 Å². The standard InChI is InChI=1S/C23H37N3O3/c1-8-29-22(28)19-15-25(14-13-23(5,6)7)24-20(19)26(16(2)3)21(27)18-11-9-17(4)10-12-18/h13-18H,8-12H2,1-7H3. The Kier molecular flexibility index (Phi) is 7.66. The molecular weight excluding hydrogens is 366 g/mol. The predicted octanol–water partition coefficient (Wildman–Crippen LogP) is 5.14. The summed E-state index contributed by atoms with van der Waals surface area (Å²) in [4.78, 5) is 27.7. The molecule has 1 aromatic heterocycles. The first-order valence-electron chi connectivity index (χ1n) is 10.8. The van der Waals surface area contributed by atoms with Crippen LogP contribution >= 0.6 is 0 Å². The van der Waals surface area contributed by atoms with E-state index in [-0.39, 0.29) is 29.9 Å². The zero-order valence-electron chi connectivity index (χ0n) is 19.1. The molecular formula is C23H37N3O3. The Bertz CT molecular complexity index is 735. The van der Waals surface area contributed by atoms with Gasteiger partial charge in [-0.05, 0) is 57.8 Å². The van der Waals surface area contributed by atoms with Gasteiger partial charge in [-0.2, -0.15) is 0 Å². The summed E-state index contributed by atoms with van der Waals surface area (Å²) in [6.45, 7) is 14.5. The molecule has 0 unspecified atom stereocenters. The normalized spacial score (nSPS) is 20.3. The molecule has 0 aliphatic heterocycles. The lowest BCUT2D eigenvalue weighted by atomic mass is 9.82. The van der Waals surface area contributed by atoms with E-state index in [1.54, 1.807) is 22.7 Å². The molecule has 2 rings (SSSR count). The van der Waals surface area contributed by atoms with Crippen LogP contribution in [-0.2, 0) is 9.53 Å². The van der Waals surface area contributed by atoms with E-state index < -0.39 is 5.97 Å². The highest BCUT2D eigenvalue weighted by Gasteiger charge is 2.34. The summed E-state index contributed by atoms with van der Waals surface area (Å²) < 4.78 is 6.85. The van der Waals surface area contributed by atoms with E-state index in [1.807, 2.05) is 26.1 Å². The fourth-order valence-electron chi connectivity index (χ4n) is 3.60. The van der Waals surface area contributed by atoms with Gasteiger partial charge in [-0.15, -0.1) is 5.10 Å². The smallest absolute Gasteiger partial charge is 0.343 e. The van der Waals surface area contributed by atoms with Crippen molar-refractivity contribution in [2.75, 3.05) is 11.5 Å². The minimum Gasteiger partial charge on any atom is -0.462 e. The molecule has 29 heavy (non-hydrogen) atoms. The third kappa shape index (κ3) is 6.18. The van der Waals surface area contributed by atoms with Crippen LogP contribution < -0.4 is 4.90 Å². The molecule has 1 heterocycles. The van der Waals surface area contributed by atoms with Crippen LogP contribution in [0.1, 0.15) is 84.5 Å². The Morgan fingerprint density at radius 2 is 1.90 bits per heavy atom. The summed E-state index contributed by atoms with van der Waals surface area (Å²) >= 11 is 0. The number of nitrogens with zero attached hydrogens (tertiary/aromatic N) is 3. The van der Waals surface area contributed by atoms with E-state index in [0.717, 1.165) is 25.7 Å². The molecule has 162 valence electrons. The molecule has 1 fully saturated rings. The maximum atomic E-state index is 13.4. The highest BCUT2D eigenvalue weighted by Crippen LogP contribution is 2.32. The number of anilines is 1. The summed E-state index contributed by atoms with van der Waals surface area (Å²) in [6.07, 6.45) is 9.41. The Morgan fingerprint density at radius 1 is 1.28 bits per heavy atom. The number of carbonyl (C=O) groups is 2. The number of aromatic nitrogens is 2. The number of esters is 1. The maximum absolute atomic E-state index is 13.4. The fourth-order valence-corrected chi connectivity index (χ4v) is 3.60. The van der Waals surface area contributed by atoms with Crippen molar-refractivity contribution in [1.29, 1.82) is 0 Å². The number of hydrogen-bond acceptors (Lipinski definition) is 4. The van der Waals surface area contributed by atoms with Gasteiger partial charge in [-0.1, -0.05) is 33.8 Å². The van der Waals surface area contributed by atoms with E-state index in [0.29, 0.717) is 17.3 Å². The summed E-state index contributed by atoms with van der Waals surface area (Å²) in [5, 5.41) is 4.60. The summed E-state index contributed by atoms with van der Waals surface area (Å²) in [5.41, 5.74) is 0.305. The molecule has 1 aliphatic carbocycles. The van der Waals surface area contributed by atoms with Gasteiger partial charge in [0.15, 0.2) is 5.82 Å². The van der Waals surface area contributed by atoms with Crippen molar-refractivity contribution in [1.82, 2.24) is 9.78 Å². The van der Waals surface area contributed by atoms with Gasteiger partial charge in [0.05, 0.1) is 6.61 Å². The second-order valence-electron chi connectivity index (χ2n) is 9.51. The van der Waals surface area contributed by atoms with Crippen LogP contribution in [0.3, 0.4) is 0 Å². The molecule has 1 amide bonds. The lowest BCUT2D eigenvalue weighted by Gasteiger charge is -2.32. The van der Waals surface area contributed by atoms with E-state index >= 15 is 0 Å². The van der Waals surface area contributed by atoms with Crippen LogP contribution in [0, 0.1) is 17.3 Å². The molecule has 0 aromatic carbocycles. The first-order valence-corrected chi connectivity index (χ1v) is 10.8. The second-order valence-corrected chi connectivity index (χ2v) is 9.51. The highest BCUT2D eigenvalue weighted by molar-refractivity contribution is 6.02. The van der Waals surface area contributed by atoms with Gasteiger partial charge in [0.2, 0.25) is 5.91 Å². The summed E-state index contributed by atoms with van der Waals surface area (Å²) in [5.74, 6) is 0.652. The van der Waals surface area contributed by atoms with Crippen molar-refractivity contribution >= 4 is 23.9 Å². The average Bonchev–Trinajstić information content (AvgIpc) is 3.04. The Balaban J connectivity index is 2.42. The van der Waals surface area contributed by atoms with Crippen molar-refractivity contribution in [3.05, 3.63) is 17.8 Å². The van der Waals surface area contributed by atoms with Crippen molar-refractivity contribution in [3.63, 3.8) is 0 Å². The van der Waals surface area contributed by atoms with Gasteiger partial charge in [0.1, 0.15) is 5.56 Å². The van der Waals surface area contributed by atoms with Crippen LogP contribution in [0.5, 0.6) is 0 Å². The van der Waals surface area contributed by atoms with E-state index in [2.05, 4.69) is 32.8 Å². The predicted molar refractivity (Wildman–Crippen MR) is 117 cm³/mol. The minimum absolute atomic E-state index is 0.0149. The third-order valence-corrected chi connectivity index (χ3v) is 5.28. The summed E-state index contributed by atoms with van der Waals surface area (Å²) in [7, 11) is 0. The number of amides is 1. The first kappa shape index (κ1) is 23.2. The van der Waals surface area contributed by atoms with Gasteiger partial charge < -0.3 is 4.74 Å². The van der Waals surface area contributed by atoms with Crippen LogP contribution in [0.2, 0.25) is 0 Å². The lowest BCUT2D eigenvalue weighted by Crippen LogP contribution is -2.43. The highest BCUT2D eigenvalue weighted by atomic mass is 16.5. The minimum atomic E-state index is -0.450. The van der Waals surface area contributed by atoms with Crippen LogP contribution in [0.4, 0.5) is 5.82 Å². The molecule has 6 heteroatoms. The Labute approximate surface area is 175 Å².